The fraction of sp³-hybridized carbons (Fsp3) is 0. The molecule has 0 aliphatic carbocycles. The van der Waals surface area contributed by atoms with Crippen LogP contribution in [0.25, 0.3) is 257 Å². The molecule has 0 atom stereocenters. The number of rotatable bonds is 14. The third-order valence-corrected chi connectivity index (χ3v) is 27.1. The molecule has 12 heterocycles. The molecule has 0 amide bonds. The molecule has 0 saturated heterocycles. The lowest BCUT2D eigenvalue weighted by Crippen LogP contribution is -2.07. The zero-order valence-corrected chi connectivity index (χ0v) is 77.2. The van der Waals surface area contributed by atoms with Gasteiger partial charge < -0.3 is 13.7 Å². The van der Waals surface area contributed by atoms with Gasteiger partial charge in [-0.15, -0.1) is 0 Å². The van der Waals surface area contributed by atoms with Gasteiger partial charge in [0.2, 0.25) is 17.8 Å². The van der Waals surface area contributed by atoms with Crippen LogP contribution >= 0.6 is 0 Å². The van der Waals surface area contributed by atoms with E-state index in [4.69, 9.17) is 44.9 Å². The van der Waals surface area contributed by atoms with E-state index in [1.54, 1.807) is 0 Å². The highest BCUT2D eigenvalue weighted by atomic mass is 15.2. The van der Waals surface area contributed by atoms with Crippen molar-refractivity contribution in [3.8, 4) is 126 Å². The number of para-hydroxylation sites is 8. The molecule has 0 fully saturated rings. The van der Waals surface area contributed by atoms with Gasteiger partial charge in [0.05, 0.1) is 77.6 Å². The Morgan fingerprint density at radius 1 is 0.139 bits per heavy atom. The van der Waals surface area contributed by atoms with Gasteiger partial charge in [-0.05, 0) is 121 Å². The Hall–Kier alpha value is -20.0. The summed E-state index contributed by atoms with van der Waals surface area (Å²) in [5, 5.41) is 13.9. The summed E-state index contributed by atoms with van der Waals surface area (Å²) < 4.78 is 13.7. The Morgan fingerprint density at radius 3 is 0.736 bits per heavy atom. The second kappa shape index (κ2) is 35.2. The van der Waals surface area contributed by atoms with Crippen molar-refractivity contribution >= 4 is 131 Å². The lowest BCUT2D eigenvalue weighted by Gasteiger charge is -2.14. The third kappa shape index (κ3) is 14.4. The summed E-state index contributed by atoms with van der Waals surface area (Å²) in [6.07, 6.45) is 7.31. The van der Waals surface area contributed by atoms with Gasteiger partial charge in [0, 0.05) is 151 Å². The van der Waals surface area contributed by atoms with E-state index in [0.717, 1.165) is 171 Å². The first-order chi connectivity index (χ1) is 71.5. The SMILES string of the molecule is c1ccc(-c2nc(-c3ccccc3)nc(-n3c4ccccc4c4cc5c(cc43)c3ccccc3n5-c3ccccc3)n2)cc1.c1ccc(-c2nc(-c3ccccc3)nc(-n3c4ccccc4c4ccc5c6ccccc6n(-c6ccncc6)c5c43)n2)cc1.c1ccc(-n2c3ccccc3c3ccc4c5ccccc5n(-c5nc(-c6cccc(-c7ccccn7)c6)nc(-c6cccc(-c7ccccn7)c6)n5)c4c32)cc1. The molecular formula is C126H80N18. The molecule has 0 bridgehead atoms. The molecule has 0 radical (unpaired) electrons. The van der Waals surface area contributed by atoms with E-state index in [9.17, 15) is 0 Å². The quantitative estimate of drug-likeness (QED) is 0.100. The van der Waals surface area contributed by atoms with E-state index in [1.165, 1.54) is 32.6 Å². The van der Waals surface area contributed by atoms with Crippen LogP contribution in [-0.2, 0) is 0 Å². The van der Waals surface area contributed by atoms with Gasteiger partial charge in [0.25, 0.3) is 0 Å². The van der Waals surface area contributed by atoms with Crippen molar-refractivity contribution in [2.75, 3.05) is 0 Å². The van der Waals surface area contributed by atoms with Crippen LogP contribution in [0.2, 0.25) is 0 Å². The van der Waals surface area contributed by atoms with Crippen LogP contribution in [0.4, 0.5) is 0 Å². The molecule has 17 aromatic carbocycles. The van der Waals surface area contributed by atoms with Crippen molar-refractivity contribution in [1.29, 1.82) is 0 Å². The van der Waals surface area contributed by atoms with Gasteiger partial charge in [0.1, 0.15) is 0 Å². The van der Waals surface area contributed by atoms with E-state index < -0.39 is 0 Å². The van der Waals surface area contributed by atoms with Gasteiger partial charge in [-0.25, -0.2) is 15.0 Å². The molecular weight excluding hydrogens is 1770 g/mol. The number of benzene rings is 17. The number of pyridine rings is 3. The summed E-state index contributed by atoms with van der Waals surface area (Å²) in [4.78, 5) is 59.9. The highest BCUT2D eigenvalue weighted by Crippen LogP contribution is 2.47. The van der Waals surface area contributed by atoms with E-state index in [2.05, 4.69) is 334 Å². The molecule has 0 aliphatic heterocycles. The van der Waals surface area contributed by atoms with Gasteiger partial charge >= 0.3 is 0 Å². The van der Waals surface area contributed by atoms with Crippen LogP contribution < -0.4 is 0 Å². The molecule has 0 saturated carbocycles. The molecule has 12 aromatic heterocycles. The van der Waals surface area contributed by atoms with Crippen molar-refractivity contribution in [3.63, 3.8) is 0 Å². The molecule has 0 spiro atoms. The van der Waals surface area contributed by atoms with Crippen molar-refractivity contribution < 1.29 is 0 Å². The van der Waals surface area contributed by atoms with Gasteiger partial charge in [0.15, 0.2) is 34.9 Å². The van der Waals surface area contributed by atoms with Crippen LogP contribution in [0.3, 0.4) is 0 Å². The van der Waals surface area contributed by atoms with Crippen LogP contribution in [0.15, 0.2) is 486 Å². The Balaban J connectivity index is 0.000000109. The lowest BCUT2D eigenvalue weighted by molar-refractivity contribution is 0.953. The Labute approximate surface area is 824 Å². The number of hydrogen-bond acceptors (Lipinski definition) is 12. The zero-order chi connectivity index (χ0) is 95.1. The lowest BCUT2D eigenvalue weighted by atomic mass is 10.1. The summed E-state index contributed by atoms with van der Waals surface area (Å²) in [6.45, 7) is 0. The third-order valence-electron chi connectivity index (χ3n) is 27.1. The summed E-state index contributed by atoms with van der Waals surface area (Å²) in [6, 6.07) is 159. The number of nitrogens with zero attached hydrogens (tertiary/aromatic N) is 18. The predicted octanol–water partition coefficient (Wildman–Crippen LogP) is 29.7. The van der Waals surface area contributed by atoms with Crippen LogP contribution in [-0.4, -0.2) is 87.2 Å². The average Bonchev–Trinajstić information content (AvgIpc) is 1.54. The minimum atomic E-state index is 0.528. The molecule has 0 N–H and O–H groups in total. The van der Waals surface area contributed by atoms with Crippen LogP contribution in [0.5, 0.6) is 0 Å². The van der Waals surface area contributed by atoms with E-state index in [-0.39, 0.29) is 0 Å². The first-order valence-corrected chi connectivity index (χ1v) is 47.9. The van der Waals surface area contributed by atoms with Crippen molar-refractivity contribution in [1.82, 2.24) is 87.2 Å². The maximum Gasteiger partial charge on any atom is 0.238 e. The molecule has 29 rings (SSSR count). The summed E-state index contributed by atoms with van der Waals surface area (Å²) in [5.74, 6) is 5.35. The number of aromatic nitrogens is 18. The predicted molar refractivity (Wildman–Crippen MR) is 582 cm³/mol. The van der Waals surface area contributed by atoms with Gasteiger partial charge in [-0.2, -0.15) is 29.9 Å². The maximum atomic E-state index is 5.35. The standard InChI is InChI=1S/C49H31N7.C39H25N5.C38H24N6/c1-2-18-36(19-3-1)55-43-24-6-4-20-37(43)39-26-27-40-38-21-5-7-25-44(38)56(46(40)45(39)55)49-53-47(34-16-12-14-32(30-34)41-22-8-10-28-50-41)52-48(54-49)35-17-13-15-33(31-35)42-23-9-11-29-51-42;1-4-14-26(15-5-1)37-40-38(27-16-6-2-7-17-27)42-39(41-37)44-34-23-13-11-21-30(34)32-24-35-31(25-36(32)44)29-20-10-12-22-33(29)43(35)28-18-8-3-9-19-28;1-3-11-25(12-4-1)36-40-37(26-13-5-2-6-14-26)42-38(41-36)44-33-18-10-8-16-29(33)31-20-19-30-28-15-7-9-17-32(28)43(34(30)35(31)44)27-21-23-39-24-22-27/h1-31H;1-25H;1-24H. The number of fused-ring (bicyclic) bond motifs is 20. The second-order valence-corrected chi connectivity index (χ2v) is 35.5. The normalized spacial score (nSPS) is 11.6. The topological polar surface area (TPSA) is 184 Å². The Bertz CT molecular complexity index is 9770. The Kier molecular flexibility index (Phi) is 20.4. The zero-order valence-electron chi connectivity index (χ0n) is 77.2. The fourth-order valence-electron chi connectivity index (χ4n) is 20.7. The van der Waals surface area contributed by atoms with Gasteiger partial charge in [-0.1, -0.05) is 340 Å². The van der Waals surface area contributed by atoms with Crippen LogP contribution in [0, 0.1) is 0 Å². The first kappa shape index (κ1) is 83.4. The van der Waals surface area contributed by atoms with Crippen molar-refractivity contribution in [3.05, 3.63) is 486 Å². The largest absolute Gasteiger partial charge is 0.309 e. The molecule has 674 valence electrons. The monoisotopic (exact) mass is 1840 g/mol. The smallest absolute Gasteiger partial charge is 0.238 e. The molecule has 0 unspecified atom stereocenters. The maximum absolute atomic E-state index is 5.35. The van der Waals surface area contributed by atoms with Gasteiger partial charge in [-0.3, -0.25) is 28.7 Å². The summed E-state index contributed by atoms with van der Waals surface area (Å²) in [5.41, 5.74) is 25.5. The van der Waals surface area contributed by atoms with Crippen LogP contribution in [0.1, 0.15) is 0 Å². The molecule has 18 nitrogen and oxygen atoms in total. The highest BCUT2D eigenvalue weighted by molar-refractivity contribution is 6.26. The Morgan fingerprint density at radius 2 is 0.389 bits per heavy atom. The fourth-order valence-corrected chi connectivity index (χ4v) is 20.7. The van der Waals surface area contributed by atoms with E-state index in [1.807, 2.05) is 195 Å². The minimum absolute atomic E-state index is 0.528. The highest BCUT2D eigenvalue weighted by Gasteiger charge is 2.29. The summed E-state index contributed by atoms with van der Waals surface area (Å²) >= 11 is 0. The van der Waals surface area contributed by atoms with E-state index >= 15 is 0 Å². The first-order valence-electron chi connectivity index (χ1n) is 47.9. The number of hydrogen-bond donors (Lipinski definition) is 0. The summed E-state index contributed by atoms with van der Waals surface area (Å²) in [7, 11) is 0. The molecule has 18 heteroatoms. The molecule has 29 aromatic rings. The minimum Gasteiger partial charge on any atom is -0.309 e. The second-order valence-electron chi connectivity index (χ2n) is 35.5. The average molecular weight is 1850 g/mol. The van der Waals surface area contributed by atoms with E-state index in [0.29, 0.717) is 52.8 Å². The molecule has 0 aliphatic rings. The van der Waals surface area contributed by atoms with Crippen molar-refractivity contribution in [2.24, 2.45) is 0 Å². The molecule has 144 heavy (non-hydrogen) atoms. The van der Waals surface area contributed by atoms with Crippen molar-refractivity contribution in [2.45, 2.75) is 0 Å².